The highest BCUT2D eigenvalue weighted by Crippen LogP contribution is 2.23. The van der Waals surface area contributed by atoms with Crippen molar-refractivity contribution in [3.63, 3.8) is 0 Å². The maximum absolute atomic E-state index is 11.4. The number of hydrogen-bond donors (Lipinski definition) is 5. The Morgan fingerprint density at radius 2 is 1.03 bits per heavy atom. The van der Waals surface area contributed by atoms with Crippen molar-refractivity contribution in [1.82, 2.24) is 31.5 Å². The first-order valence-corrected chi connectivity index (χ1v) is 12.6. The Kier molecular flexibility index (Phi) is 13.0. The highest BCUT2D eigenvalue weighted by atomic mass is 16.2. The molecule has 9 heteroatoms. The molecule has 9 nitrogen and oxygen atoms in total. The van der Waals surface area contributed by atoms with Crippen LogP contribution in [0.25, 0.3) is 0 Å². The van der Waals surface area contributed by atoms with Crippen molar-refractivity contribution in [1.29, 1.82) is 0 Å². The van der Waals surface area contributed by atoms with Gasteiger partial charge in [0.15, 0.2) is 0 Å². The van der Waals surface area contributed by atoms with E-state index in [-0.39, 0.29) is 36.2 Å². The number of nitrogens with one attached hydrogen (secondary N) is 5. The van der Waals surface area contributed by atoms with Gasteiger partial charge >= 0.3 is 18.1 Å². The molecule has 0 heterocycles. The van der Waals surface area contributed by atoms with Crippen molar-refractivity contribution in [3.8, 4) is 0 Å². The third-order valence-electron chi connectivity index (χ3n) is 5.55. The molecule has 0 saturated heterocycles. The lowest BCUT2D eigenvalue weighted by Gasteiger charge is -2.35. The quantitative estimate of drug-likeness (QED) is 0.409. The van der Waals surface area contributed by atoms with Gasteiger partial charge in [-0.3, -0.25) is 0 Å². The molecule has 3 aliphatic rings. The Balaban J connectivity index is 0.000000249. The van der Waals surface area contributed by atoms with Crippen molar-refractivity contribution < 1.29 is 14.4 Å². The molecular weight excluding hydrogens is 420 g/mol. The summed E-state index contributed by atoms with van der Waals surface area (Å²) in [4.78, 5) is 35.1. The van der Waals surface area contributed by atoms with Gasteiger partial charge in [-0.25, -0.2) is 14.4 Å². The lowest BCUT2D eigenvalue weighted by atomic mass is 9.92. The van der Waals surface area contributed by atoms with E-state index in [1.165, 1.54) is 25.7 Å². The molecule has 3 saturated carbocycles. The number of amides is 6. The summed E-state index contributed by atoms with van der Waals surface area (Å²) in [5.41, 5.74) is 0. The Labute approximate surface area is 200 Å². The maximum Gasteiger partial charge on any atom is 0.317 e. The second kappa shape index (κ2) is 14.9. The van der Waals surface area contributed by atoms with Crippen LogP contribution < -0.4 is 26.6 Å². The van der Waals surface area contributed by atoms with Gasteiger partial charge in [0.05, 0.1) is 0 Å². The van der Waals surface area contributed by atoms with Crippen LogP contribution in [-0.2, 0) is 0 Å². The van der Waals surface area contributed by atoms with Gasteiger partial charge in [-0.1, -0.05) is 0 Å². The first-order chi connectivity index (χ1) is 15.5. The first kappa shape index (κ1) is 28.8. The maximum atomic E-state index is 11.4. The standard InChI is InChI=1S/C9H18N2O.C8H16N2O.C7H14N2O/c1-7(2)10-9(12)11(3)8-5-4-6-8;1-6(2)9-8(11)10-7-4-3-5-7;1-5(2)8-7(10)9-6-3-4-6/h7-8H,4-6H2,1-3H3,(H,10,12);6-7H,3-5H2,1-2H3,(H2,9,10,11);5-6H,3-4H2,1-2H3,(H2,8,9,10). The monoisotopic (exact) mass is 468 g/mol. The molecule has 0 unspecified atom stereocenters. The van der Waals surface area contributed by atoms with E-state index < -0.39 is 0 Å². The highest BCUT2D eigenvalue weighted by Gasteiger charge is 2.25. The molecule has 5 N–H and O–H groups in total. The molecule has 0 aromatic carbocycles. The molecule has 0 aromatic heterocycles. The largest absolute Gasteiger partial charge is 0.336 e. The first-order valence-electron chi connectivity index (χ1n) is 12.6. The summed E-state index contributed by atoms with van der Waals surface area (Å²) in [6, 6.07) is 2.10. The predicted molar refractivity (Wildman–Crippen MR) is 133 cm³/mol. The van der Waals surface area contributed by atoms with E-state index in [0.29, 0.717) is 18.1 Å². The van der Waals surface area contributed by atoms with E-state index in [9.17, 15) is 14.4 Å². The summed E-state index contributed by atoms with van der Waals surface area (Å²) >= 11 is 0. The van der Waals surface area contributed by atoms with Crippen LogP contribution >= 0.6 is 0 Å². The van der Waals surface area contributed by atoms with Crippen molar-refractivity contribution in [3.05, 3.63) is 0 Å². The Hall–Kier alpha value is -2.19. The van der Waals surface area contributed by atoms with E-state index >= 15 is 0 Å². The average molecular weight is 469 g/mol. The molecule has 192 valence electrons. The number of urea groups is 3. The van der Waals surface area contributed by atoms with Crippen molar-refractivity contribution in [2.75, 3.05) is 7.05 Å². The smallest absolute Gasteiger partial charge is 0.317 e. The van der Waals surface area contributed by atoms with Crippen LogP contribution in [0.1, 0.15) is 92.9 Å². The summed E-state index contributed by atoms with van der Waals surface area (Å²) in [5, 5.41) is 14.2. The van der Waals surface area contributed by atoms with Crippen molar-refractivity contribution in [2.45, 2.75) is 129 Å². The van der Waals surface area contributed by atoms with Crippen LogP contribution in [-0.4, -0.2) is 66.3 Å². The zero-order chi connectivity index (χ0) is 25.0. The number of rotatable bonds is 6. The van der Waals surface area contributed by atoms with E-state index in [2.05, 4.69) is 26.6 Å². The molecule has 0 atom stereocenters. The lowest BCUT2D eigenvalue weighted by molar-refractivity contribution is 0.156. The predicted octanol–water partition coefficient (Wildman–Crippen LogP) is 3.69. The van der Waals surface area contributed by atoms with E-state index in [1.54, 1.807) is 0 Å². The van der Waals surface area contributed by atoms with Gasteiger partial charge < -0.3 is 31.5 Å². The number of carbonyl (C=O) groups excluding carboxylic acids is 3. The SMILES string of the molecule is CC(C)NC(=O)N(C)C1CCC1.CC(C)NC(=O)NC1CC1.CC(C)NC(=O)NC1CCC1. The fourth-order valence-corrected chi connectivity index (χ4v) is 3.05. The molecule has 0 aromatic rings. The second-order valence-electron chi connectivity index (χ2n) is 10.2. The van der Waals surface area contributed by atoms with Crippen LogP contribution in [0.3, 0.4) is 0 Å². The highest BCUT2D eigenvalue weighted by molar-refractivity contribution is 5.75. The third kappa shape index (κ3) is 13.8. The molecule has 0 bridgehead atoms. The summed E-state index contributed by atoms with van der Waals surface area (Å²) in [6.45, 7) is 11.8. The second-order valence-corrected chi connectivity index (χ2v) is 10.2. The normalized spacial score (nSPS) is 17.4. The fraction of sp³-hybridized carbons (Fsp3) is 0.875. The van der Waals surface area contributed by atoms with Crippen LogP contribution in [0, 0.1) is 0 Å². The molecule has 3 aliphatic carbocycles. The summed E-state index contributed by atoms with van der Waals surface area (Å²) < 4.78 is 0. The fourth-order valence-electron chi connectivity index (χ4n) is 3.05. The van der Waals surface area contributed by atoms with E-state index in [1.807, 2.05) is 53.5 Å². The Bertz CT molecular complexity index is 593. The van der Waals surface area contributed by atoms with Crippen molar-refractivity contribution in [2.24, 2.45) is 0 Å². The van der Waals surface area contributed by atoms with E-state index in [0.717, 1.165) is 25.7 Å². The van der Waals surface area contributed by atoms with Crippen LogP contribution in [0.4, 0.5) is 14.4 Å². The van der Waals surface area contributed by atoms with E-state index in [4.69, 9.17) is 0 Å². The number of hydrogen-bond acceptors (Lipinski definition) is 3. The van der Waals surface area contributed by atoms with Gasteiger partial charge in [0.25, 0.3) is 0 Å². The molecule has 6 amide bonds. The van der Waals surface area contributed by atoms with Gasteiger partial charge in [0.2, 0.25) is 0 Å². The minimum atomic E-state index is -0.0301. The summed E-state index contributed by atoms with van der Waals surface area (Å²) in [6.07, 6.45) is 9.44. The van der Waals surface area contributed by atoms with Gasteiger partial charge in [-0.15, -0.1) is 0 Å². The van der Waals surface area contributed by atoms with Crippen molar-refractivity contribution >= 4 is 18.1 Å². The van der Waals surface area contributed by atoms with Gasteiger partial charge in [-0.2, -0.15) is 0 Å². The van der Waals surface area contributed by atoms with Gasteiger partial charge in [-0.05, 0) is 92.9 Å². The molecule has 3 fully saturated rings. The van der Waals surface area contributed by atoms with Crippen LogP contribution in [0.15, 0.2) is 0 Å². The van der Waals surface area contributed by atoms with Crippen LogP contribution in [0.5, 0.6) is 0 Å². The Morgan fingerprint density at radius 3 is 1.30 bits per heavy atom. The molecular formula is C24H48N6O3. The summed E-state index contributed by atoms with van der Waals surface area (Å²) in [7, 11) is 1.88. The number of nitrogens with zero attached hydrogens (tertiary/aromatic N) is 1. The third-order valence-corrected chi connectivity index (χ3v) is 5.55. The molecule has 0 aliphatic heterocycles. The zero-order valence-corrected chi connectivity index (χ0v) is 21.8. The Morgan fingerprint density at radius 1 is 0.636 bits per heavy atom. The lowest BCUT2D eigenvalue weighted by Crippen LogP contribution is -2.48. The summed E-state index contributed by atoms with van der Waals surface area (Å²) in [5.74, 6) is 0. The van der Waals surface area contributed by atoms with Gasteiger partial charge in [0, 0.05) is 43.3 Å². The van der Waals surface area contributed by atoms with Crippen LogP contribution in [0.2, 0.25) is 0 Å². The molecule has 0 spiro atoms. The average Bonchev–Trinajstić information content (AvgIpc) is 3.39. The molecule has 3 rings (SSSR count). The minimum Gasteiger partial charge on any atom is -0.336 e. The topological polar surface area (TPSA) is 115 Å². The molecule has 33 heavy (non-hydrogen) atoms. The zero-order valence-electron chi connectivity index (χ0n) is 21.8. The minimum absolute atomic E-state index is 0.0234. The molecule has 0 radical (unpaired) electrons. The van der Waals surface area contributed by atoms with Gasteiger partial charge in [0.1, 0.15) is 0 Å². The number of carbonyl (C=O) groups is 3.